The summed E-state index contributed by atoms with van der Waals surface area (Å²) >= 11 is 0. The lowest BCUT2D eigenvalue weighted by atomic mass is 10.2. The van der Waals surface area contributed by atoms with Gasteiger partial charge < -0.3 is 10.6 Å². The first-order valence-electron chi connectivity index (χ1n) is 7.69. The predicted molar refractivity (Wildman–Crippen MR) is 90.0 cm³/mol. The minimum atomic E-state index is -1.68. The third-order valence-electron chi connectivity index (χ3n) is 3.55. The second kappa shape index (κ2) is 7.81. The second-order valence-corrected chi connectivity index (χ2v) is 5.44. The van der Waals surface area contributed by atoms with Gasteiger partial charge in [-0.25, -0.2) is 27.5 Å². The van der Waals surface area contributed by atoms with Gasteiger partial charge in [0.1, 0.15) is 17.3 Å². The molecule has 0 bridgehead atoms. The first kappa shape index (κ1) is 18.3. The van der Waals surface area contributed by atoms with Crippen molar-refractivity contribution >= 4 is 17.4 Å². The smallest absolute Gasteiger partial charge is 0.275 e. The van der Waals surface area contributed by atoms with E-state index in [-0.39, 0.29) is 11.5 Å². The van der Waals surface area contributed by atoms with Crippen molar-refractivity contribution in [1.29, 1.82) is 0 Å². The first-order valence-corrected chi connectivity index (χ1v) is 7.69. The number of nitrogens with one attached hydrogen (secondary N) is 2. The van der Waals surface area contributed by atoms with Gasteiger partial charge in [-0.15, -0.1) is 0 Å². The number of amides is 1. The minimum absolute atomic E-state index is 0.147. The van der Waals surface area contributed by atoms with E-state index >= 15 is 0 Å². The lowest BCUT2D eigenvalue weighted by Crippen LogP contribution is -2.16. The molecule has 2 aromatic carbocycles. The number of halogens is 4. The molecule has 3 aromatic rings. The monoisotopic (exact) mass is 376 g/mol. The number of hydrogen-bond acceptors (Lipinski definition) is 4. The van der Waals surface area contributed by atoms with Crippen LogP contribution >= 0.6 is 0 Å². The SMILES string of the molecule is O=C(Nc1ccc(F)c(F)c1F)c1cnc(NCc2ccc(F)cc2)cn1. The van der Waals surface area contributed by atoms with Gasteiger partial charge in [0.05, 0.1) is 18.1 Å². The summed E-state index contributed by atoms with van der Waals surface area (Å²) < 4.78 is 52.5. The Bertz CT molecular complexity index is 962. The molecule has 0 unspecified atom stereocenters. The van der Waals surface area contributed by atoms with E-state index in [0.717, 1.165) is 17.8 Å². The predicted octanol–water partition coefficient (Wildman–Crippen LogP) is 3.90. The van der Waals surface area contributed by atoms with Gasteiger partial charge in [-0.1, -0.05) is 12.1 Å². The van der Waals surface area contributed by atoms with E-state index in [1.807, 2.05) is 0 Å². The molecule has 0 aliphatic rings. The fourth-order valence-electron chi connectivity index (χ4n) is 2.14. The zero-order chi connectivity index (χ0) is 19.4. The quantitative estimate of drug-likeness (QED) is 0.524. The highest BCUT2D eigenvalue weighted by atomic mass is 19.2. The van der Waals surface area contributed by atoms with Crippen LogP contribution in [0.5, 0.6) is 0 Å². The topological polar surface area (TPSA) is 66.9 Å². The Morgan fingerprint density at radius 1 is 0.889 bits per heavy atom. The summed E-state index contributed by atoms with van der Waals surface area (Å²) in [5.41, 5.74) is 0.152. The molecule has 1 amide bonds. The van der Waals surface area contributed by atoms with Crippen molar-refractivity contribution < 1.29 is 22.4 Å². The number of rotatable bonds is 5. The maximum absolute atomic E-state index is 13.6. The van der Waals surface area contributed by atoms with Crippen LogP contribution in [-0.4, -0.2) is 15.9 Å². The molecule has 0 radical (unpaired) electrons. The number of benzene rings is 2. The van der Waals surface area contributed by atoms with Crippen molar-refractivity contribution in [3.05, 3.63) is 83.3 Å². The average Bonchev–Trinajstić information content (AvgIpc) is 2.68. The summed E-state index contributed by atoms with van der Waals surface area (Å²) in [7, 11) is 0. The van der Waals surface area contributed by atoms with Crippen molar-refractivity contribution in [2.24, 2.45) is 0 Å². The Morgan fingerprint density at radius 2 is 1.63 bits per heavy atom. The third-order valence-corrected chi connectivity index (χ3v) is 3.55. The number of nitrogens with zero attached hydrogens (tertiary/aromatic N) is 2. The van der Waals surface area contributed by atoms with Gasteiger partial charge in [0.25, 0.3) is 5.91 Å². The fraction of sp³-hybridized carbons (Fsp3) is 0.0556. The standard InChI is InChI=1S/C18H12F4N4O/c19-11-3-1-10(2-4-11)7-24-15-9-23-14(8-25-15)18(27)26-13-6-5-12(20)16(21)17(13)22/h1-6,8-9H,7H2,(H,24,25)(H,26,27). The van der Waals surface area contributed by atoms with Gasteiger partial charge in [0.15, 0.2) is 17.5 Å². The molecule has 0 spiro atoms. The summed E-state index contributed by atoms with van der Waals surface area (Å²) in [6.45, 7) is 0.362. The summed E-state index contributed by atoms with van der Waals surface area (Å²) in [6.07, 6.45) is 2.42. The molecule has 0 saturated heterocycles. The van der Waals surface area contributed by atoms with Gasteiger partial charge in [-0.3, -0.25) is 4.79 Å². The Hall–Kier alpha value is -3.49. The van der Waals surface area contributed by atoms with E-state index in [9.17, 15) is 22.4 Å². The number of carbonyl (C=O) groups excluding carboxylic acids is 1. The lowest BCUT2D eigenvalue weighted by Gasteiger charge is -2.08. The normalized spacial score (nSPS) is 10.5. The minimum Gasteiger partial charge on any atom is -0.365 e. The summed E-state index contributed by atoms with van der Waals surface area (Å²) in [5, 5.41) is 5.04. The molecule has 2 N–H and O–H groups in total. The lowest BCUT2D eigenvalue weighted by molar-refractivity contribution is 0.102. The Labute approximate surface area is 151 Å². The molecule has 0 aliphatic heterocycles. The van der Waals surface area contributed by atoms with E-state index in [1.165, 1.54) is 18.3 Å². The van der Waals surface area contributed by atoms with Crippen LogP contribution < -0.4 is 10.6 Å². The maximum Gasteiger partial charge on any atom is 0.275 e. The van der Waals surface area contributed by atoms with Crippen LogP contribution in [0.2, 0.25) is 0 Å². The maximum atomic E-state index is 13.6. The number of hydrogen-bond donors (Lipinski definition) is 2. The van der Waals surface area contributed by atoms with Gasteiger partial charge in [0.2, 0.25) is 0 Å². The van der Waals surface area contributed by atoms with Crippen LogP contribution in [0.1, 0.15) is 16.1 Å². The Morgan fingerprint density at radius 3 is 2.30 bits per heavy atom. The molecule has 138 valence electrons. The fourth-order valence-corrected chi connectivity index (χ4v) is 2.14. The Balaban J connectivity index is 1.63. The number of aromatic nitrogens is 2. The molecule has 0 fully saturated rings. The zero-order valence-electron chi connectivity index (χ0n) is 13.6. The van der Waals surface area contributed by atoms with E-state index in [4.69, 9.17) is 0 Å². The molecule has 27 heavy (non-hydrogen) atoms. The molecule has 0 saturated carbocycles. The highest BCUT2D eigenvalue weighted by molar-refractivity contribution is 6.02. The number of carbonyl (C=O) groups is 1. The van der Waals surface area contributed by atoms with Crippen molar-refractivity contribution in [2.45, 2.75) is 6.54 Å². The van der Waals surface area contributed by atoms with Crippen LogP contribution in [0.25, 0.3) is 0 Å². The summed E-state index contributed by atoms with van der Waals surface area (Å²) in [5.74, 6) is -5.37. The largest absolute Gasteiger partial charge is 0.365 e. The molecule has 1 heterocycles. The van der Waals surface area contributed by atoms with Crippen LogP contribution in [-0.2, 0) is 6.54 Å². The first-order chi connectivity index (χ1) is 12.9. The summed E-state index contributed by atoms with van der Waals surface area (Å²) in [6, 6.07) is 7.46. The summed E-state index contributed by atoms with van der Waals surface area (Å²) in [4.78, 5) is 19.9. The average molecular weight is 376 g/mol. The second-order valence-electron chi connectivity index (χ2n) is 5.44. The molecule has 0 aliphatic carbocycles. The van der Waals surface area contributed by atoms with Crippen molar-refractivity contribution in [1.82, 2.24) is 9.97 Å². The van der Waals surface area contributed by atoms with Gasteiger partial charge in [-0.2, -0.15) is 0 Å². The van der Waals surface area contributed by atoms with Crippen molar-refractivity contribution in [3.63, 3.8) is 0 Å². The molecular formula is C18H12F4N4O. The van der Waals surface area contributed by atoms with Gasteiger partial charge in [0, 0.05) is 6.54 Å². The van der Waals surface area contributed by atoms with Crippen LogP contribution in [0.15, 0.2) is 48.8 Å². The third kappa shape index (κ3) is 4.38. The van der Waals surface area contributed by atoms with E-state index in [2.05, 4.69) is 20.6 Å². The Kier molecular flexibility index (Phi) is 5.30. The van der Waals surface area contributed by atoms with Crippen LogP contribution in [0.3, 0.4) is 0 Å². The van der Waals surface area contributed by atoms with Crippen LogP contribution in [0, 0.1) is 23.3 Å². The zero-order valence-corrected chi connectivity index (χ0v) is 13.6. The van der Waals surface area contributed by atoms with E-state index in [1.54, 1.807) is 12.1 Å². The van der Waals surface area contributed by atoms with Crippen LogP contribution in [0.4, 0.5) is 29.1 Å². The molecular weight excluding hydrogens is 364 g/mol. The number of anilines is 2. The van der Waals surface area contributed by atoms with Gasteiger partial charge >= 0.3 is 0 Å². The van der Waals surface area contributed by atoms with E-state index in [0.29, 0.717) is 18.4 Å². The molecule has 3 rings (SSSR count). The molecule has 5 nitrogen and oxygen atoms in total. The van der Waals surface area contributed by atoms with Crippen molar-refractivity contribution in [2.75, 3.05) is 10.6 Å². The van der Waals surface area contributed by atoms with Gasteiger partial charge in [-0.05, 0) is 29.8 Å². The van der Waals surface area contributed by atoms with E-state index < -0.39 is 29.0 Å². The highest BCUT2D eigenvalue weighted by Crippen LogP contribution is 2.20. The highest BCUT2D eigenvalue weighted by Gasteiger charge is 2.16. The van der Waals surface area contributed by atoms with Crippen molar-refractivity contribution in [3.8, 4) is 0 Å². The molecule has 0 atom stereocenters. The molecule has 9 heteroatoms. The molecule has 1 aromatic heterocycles.